The van der Waals surface area contributed by atoms with Crippen LogP contribution < -0.4 is 11.1 Å². The topological polar surface area (TPSA) is 113 Å². The number of carbonyl (C=O) groups is 3. The van der Waals surface area contributed by atoms with Crippen molar-refractivity contribution in [2.45, 2.75) is 17.2 Å². The maximum Gasteiger partial charge on any atom is 0.352 e. The first kappa shape index (κ1) is 16.0. The molecule has 0 aliphatic carbocycles. The molecule has 122 valence electrons. The number of nitrogens with two attached hydrogens (primary N) is 1. The Labute approximate surface area is 140 Å². The van der Waals surface area contributed by atoms with E-state index in [1.807, 2.05) is 17.5 Å². The smallest absolute Gasteiger partial charge is 0.352 e. The van der Waals surface area contributed by atoms with Gasteiger partial charge in [-0.05, 0) is 30.5 Å². The quantitative estimate of drug-likeness (QED) is 0.532. The predicted molar refractivity (Wildman–Crippen MR) is 87.8 cm³/mol. The molecule has 1 saturated heterocycles. The summed E-state index contributed by atoms with van der Waals surface area (Å²) in [6.45, 7) is 1.68. The molecule has 2 aliphatic rings. The maximum absolute atomic E-state index is 12.3. The number of anilines is 1. The minimum Gasteiger partial charge on any atom is -0.477 e. The SMILES string of the molecule is CC1(N)C=C(C(=O)O)N2C(=O)C(C(=O)CNc3cccs3)[C@H]2S1. The molecule has 4 N–H and O–H groups in total. The summed E-state index contributed by atoms with van der Waals surface area (Å²) in [5.74, 6) is -2.83. The first-order valence-electron chi connectivity index (χ1n) is 6.86. The van der Waals surface area contributed by atoms with Gasteiger partial charge in [-0.2, -0.15) is 0 Å². The number of Topliss-reactive ketones (excluding diaryl/α,β-unsaturated/α-hetero) is 1. The van der Waals surface area contributed by atoms with Crippen LogP contribution in [0.1, 0.15) is 6.92 Å². The summed E-state index contributed by atoms with van der Waals surface area (Å²) >= 11 is 2.68. The summed E-state index contributed by atoms with van der Waals surface area (Å²) < 4.78 is 0. The van der Waals surface area contributed by atoms with E-state index in [0.717, 1.165) is 9.90 Å². The molecule has 2 aliphatic heterocycles. The number of fused-ring (bicyclic) bond motifs is 1. The van der Waals surface area contributed by atoms with E-state index in [4.69, 9.17) is 5.73 Å². The Bertz CT molecular complexity index is 699. The molecule has 0 saturated carbocycles. The summed E-state index contributed by atoms with van der Waals surface area (Å²) in [5, 5.41) is 14.4. The van der Waals surface area contributed by atoms with Gasteiger partial charge in [0.2, 0.25) is 5.91 Å². The fraction of sp³-hybridized carbons (Fsp3) is 0.357. The summed E-state index contributed by atoms with van der Waals surface area (Å²) in [7, 11) is 0. The number of hydrogen-bond acceptors (Lipinski definition) is 7. The minimum atomic E-state index is -1.22. The van der Waals surface area contributed by atoms with Gasteiger partial charge in [-0.1, -0.05) is 0 Å². The van der Waals surface area contributed by atoms with Gasteiger partial charge in [-0.25, -0.2) is 4.79 Å². The summed E-state index contributed by atoms with van der Waals surface area (Å²) in [4.78, 5) is 36.1. The molecule has 0 spiro atoms. The predicted octanol–water partition coefficient (Wildman–Crippen LogP) is 0.904. The lowest BCUT2D eigenvalue weighted by Crippen LogP contribution is -2.66. The molecule has 0 bridgehead atoms. The average Bonchev–Trinajstić information content (AvgIpc) is 2.96. The molecule has 9 heteroatoms. The van der Waals surface area contributed by atoms with Gasteiger partial charge >= 0.3 is 5.97 Å². The van der Waals surface area contributed by atoms with E-state index in [-0.39, 0.29) is 18.0 Å². The molecule has 23 heavy (non-hydrogen) atoms. The van der Waals surface area contributed by atoms with Crippen molar-refractivity contribution < 1.29 is 19.5 Å². The molecule has 2 unspecified atom stereocenters. The molecule has 3 heterocycles. The normalized spacial score (nSPS) is 29.4. The van der Waals surface area contributed by atoms with Crippen LogP contribution in [-0.4, -0.2) is 44.5 Å². The highest BCUT2D eigenvalue weighted by molar-refractivity contribution is 8.01. The van der Waals surface area contributed by atoms with E-state index < -0.39 is 28.0 Å². The number of nitrogens with one attached hydrogen (secondary N) is 1. The number of aliphatic carboxylic acids is 1. The Morgan fingerprint density at radius 2 is 2.26 bits per heavy atom. The van der Waals surface area contributed by atoms with Crippen molar-refractivity contribution in [1.29, 1.82) is 0 Å². The number of carboxylic acids is 1. The van der Waals surface area contributed by atoms with Gasteiger partial charge < -0.3 is 16.2 Å². The third kappa shape index (κ3) is 2.87. The van der Waals surface area contributed by atoms with E-state index >= 15 is 0 Å². The maximum atomic E-state index is 12.3. The van der Waals surface area contributed by atoms with Crippen LogP contribution in [0.2, 0.25) is 0 Å². The zero-order valence-electron chi connectivity index (χ0n) is 12.2. The zero-order chi connectivity index (χ0) is 16.8. The van der Waals surface area contributed by atoms with Crippen LogP contribution in [-0.2, 0) is 14.4 Å². The van der Waals surface area contributed by atoms with Gasteiger partial charge in [0, 0.05) is 0 Å². The van der Waals surface area contributed by atoms with E-state index in [0.29, 0.717) is 0 Å². The van der Waals surface area contributed by atoms with Crippen molar-refractivity contribution in [2.24, 2.45) is 11.7 Å². The fourth-order valence-electron chi connectivity index (χ4n) is 2.60. The number of β-lactam (4-membered cyclic amide) rings is 1. The van der Waals surface area contributed by atoms with E-state index in [9.17, 15) is 19.5 Å². The van der Waals surface area contributed by atoms with Crippen molar-refractivity contribution in [2.75, 3.05) is 11.9 Å². The number of carbonyl (C=O) groups excluding carboxylic acids is 2. The molecule has 0 aromatic carbocycles. The van der Waals surface area contributed by atoms with E-state index in [1.165, 1.54) is 29.2 Å². The molecule has 3 rings (SSSR count). The number of rotatable bonds is 5. The summed E-state index contributed by atoms with van der Waals surface area (Å²) in [6.07, 6.45) is 1.35. The number of thiophene rings is 1. The molecular weight excluding hydrogens is 338 g/mol. The van der Waals surface area contributed by atoms with Crippen LogP contribution in [0.5, 0.6) is 0 Å². The summed E-state index contributed by atoms with van der Waals surface area (Å²) in [5.41, 5.74) is 5.86. The number of carboxylic acid groups (broad SMARTS) is 1. The van der Waals surface area contributed by atoms with Crippen LogP contribution in [0.4, 0.5) is 5.00 Å². The molecule has 1 aromatic heterocycles. The third-order valence-corrected chi connectivity index (χ3v) is 5.80. The van der Waals surface area contributed by atoms with Crippen molar-refractivity contribution >= 4 is 45.8 Å². The highest BCUT2D eigenvalue weighted by Crippen LogP contribution is 2.47. The minimum absolute atomic E-state index is 0.0230. The van der Waals surface area contributed by atoms with E-state index in [1.54, 1.807) is 6.92 Å². The lowest BCUT2D eigenvalue weighted by molar-refractivity contribution is -0.156. The zero-order valence-corrected chi connectivity index (χ0v) is 13.8. The molecule has 1 fully saturated rings. The number of hydrogen-bond donors (Lipinski definition) is 3. The first-order chi connectivity index (χ1) is 10.8. The van der Waals surface area contributed by atoms with Gasteiger partial charge in [-0.15, -0.1) is 23.1 Å². The molecule has 3 atom stereocenters. The Hall–Kier alpha value is -1.84. The molecule has 1 amide bonds. The number of amides is 1. The molecular formula is C14H15N3O4S2. The Kier molecular flexibility index (Phi) is 3.95. The Balaban J connectivity index is 1.74. The van der Waals surface area contributed by atoms with Gasteiger partial charge in [0.1, 0.15) is 17.0 Å². The van der Waals surface area contributed by atoms with Crippen molar-refractivity contribution in [1.82, 2.24) is 4.90 Å². The molecule has 1 aromatic rings. The van der Waals surface area contributed by atoms with Crippen LogP contribution in [0, 0.1) is 5.92 Å². The average molecular weight is 353 g/mol. The van der Waals surface area contributed by atoms with Crippen LogP contribution >= 0.6 is 23.1 Å². The lowest BCUT2D eigenvalue weighted by Gasteiger charge is -2.50. The van der Waals surface area contributed by atoms with Crippen molar-refractivity contribution in [3.8, 4) is 0 Å². The summed E-state index contributed by atoms with van der Waals surface area (Å²) in [6, 6.07) is 3.69. The van der Waals surface area contributed by atoms with Crippen molar-refractivity contribution in [3.05, 3.63) is 29.3 Å². The molecule has 0 radical (unpaired) electrons. The first-order valence-corrected chi connectivity index (χ1v) is 8.62. The highest BCUT2D eigenvalue weighted by Gasteiger charge is 2.57. The Morgan fingerprint density at radius 1 is 1.52 bits per heavy atom. The van der Waals surface area contributed by atoms with Gasteiger partial charge in [0.25, 0.3) is 0 Å². The second-order valence-electron chi connectivity index (χ2n) is 5.51. The number of nitrogens with zero attached hydrogens (tertiary/aromatic N) is 1. The van der Waals surface area contributed by atoms with E-state index in [2.05, 4.69) is 5.32 Å². The van der Waals surface area contributed by atoms with Gasteiger partial charge in [-0.3, -0.25) is 14.5 Å². The highest BCUT2D eigenvalue weighted by atomic mass is 32.2. The monoisotopic (exact) mass is 353 g/mol. The fourth-order valence-corrected chi connectivity index (χ4v) is 4.64. The number of ketones is 1. The van der Waals surface area contributed by atoms with Crippen LogP contribution in [0.3, 0.4) is 0 Å². The van der Waals surface area contributed by atoms with Crippen LogP contribution in [0.15, 0.2) is 29.3 Å². The second-order valence-corrected chi connectivity index (χ2v) is 8.06. The third-order valence-electron chi connectivity index (χ3n) is 3.62. The standard InChI is InChI=1S/C14H15N3O4S2/c1-14(15)5-7(13(20)21)17-11(19)10(12(17)23-14)8(18)6-16-9-3-2-4-22-9/h2-5,10,12,16H,6,15H2,1H3,(H,20,21)/t10?,12-,14?/m1/s1. The Morgan fingerprint density at radius 3 is 2.87 bits per heavy atom. The van der Waals surface area contributed by atoms with Gasteiger partial charge in [0.05, 0.1) is 16.4 Å². The largest absolute Gasteiger partial charge is 0.477 e. The van der Waals surface area contributed by atoms with Gasteiger partial charge in [0.15, 0.2) is 5.78 Å². The lowest BCUT2D eigenvalue weighted by atomic mass is 9.91. The molecule has 7 nitrogen and oxygen atoms in total. The van der Waals surface area contributed by atoms with Crippen molar-refractivity contribution in [3.63, 3.8) is 0 Å². The number of thioether (sulfide) groups is 1. The van der Waals surface area contributed by atoms with Crippen LogP contribution in [0.25, 0.3) is 0 Å². The second kappa shape index (κ2) is 5.66.